The molecule has 1 amide bonds. The van der Waals surface area contributed by atoms with Gasteiger partial charge in [0.2, 0.25) is 0 Å². The third kappa shape index (κ3) is 2.13. The second-order valence-electron chi connectivity index (χ2n) is 5.88. The predicted octanol–water partition coefficient (Wildman–Crippen LogP) is 3.45. The average Bonchev–Trinajstić information content (AvgIpc) is 2.55. The second kappa shape index (κ2) is 4.02. The van der Waals surface area contributed by atoms with E-state index in [0.29, 0.717) is 16.7 Å². The van der Waals surface area contributed by atoms with Crippen molar-refractivity contribution < 1.29 is 4.79 Å². The van der Waals surface area contributed by atoms with Crippen molar-refractivity contribution in [3.63, 3.8) is 0 Å². The maximum absolute atomic E-state index is 11.9. The summed E-state index contributed by atoms with van der Waals surface area (Å²) in [6, 6.07) is 1.81. The Hall–Kier alpha value is -0.480. The van der Waals surface area contributed by atoms with Crippen LogP contribution in [0.25, 0.3) is 0 Å². The molecule has 0 radical (unpaired) electrons. The van der Waals surface area contributed by atoms with Gasteiger partial charge in [-0.15, -0.1) is 24.0 Å². The molecule has 2 rings (SSSR count). The number of rotatable bonds is 3. The van der Waals surface area contributed by atoms with Crippen molar-refractivity contribution in [1.29, 1.82) is 0 Å². The molecule has 0 saturated heterocycles. The van der Waals surface area contributed by atoms with Crippen molar-refractivity contribution in [2.45, 2.75) is 32.6 Å². The van der Waals surface area contributed by atoms with Crippen LogP contribution in [0.15, 0.2) is 16.3 Å². The van der Waals surface area contributed by atoms with E-state index in [1.54, 1.807) is 0 Å². The van der Waals surface area contributed by atoms with Gasteiger partial charge in [-0.2, -0.15) is 0 Å². The van der Waals surface area contributed by atoms with Crippen LogP contribution in [0.2, 0.25) is 0 Å². The maximum atomic E-state index is 11.9. The van der Waals surface area contributed by atoms with Crippen LogP contribution in [-0.4, -0.2) is 12.5 Å². The van der Waals surface area contributed by atoms with E-state index in [2.05, 4.69) is 45.6 Å². The molecular formula is C13H19NOS2. The number of hydrogen-bond donors (Lipinski definition) is 2. The summed E-state index contributed by atoms with van der Waals surface area (Å²) in [7, 11) is 0. The topological polar surface area (TPSA) is 29.1 Å². The molecule has 1 heterocycles. The molecule has 1 fully saturated rings. The molecule has 0 unspecified atom stereocenters. The van der Waals surface area contributed by atoms with E-state index in [0.717, 1.165) is 16.3 Å². The van der Waals surface area contributed by atoms with Gasteiger partial charge in [0.05, 0.1) is 4.88 Å². The number of nitrogens with one attached hydrogen (secondary N) is 1. The van der Waals surface area contributed by atoms with Crippen molar-refractivity contribution in [2.24, 2.45) is 16.7 Å². The molecule has 17 heavy (non-hydrogen) atoms. The number of thiol groups is 1. The molecule has 0 aliphatic heterocycles. The first-order valence-corrected chi connectivity index (χ1v) is 7.15. The zero-order valence-corrected chi connectivity index (χ0v) is 12.4. The zero-order chi connectivity index (χ0) is 12.8. The van der Waals surface area contributed by atoms with Gasteiger partial charge >= 0.3 is 0 Å². The minimum atomic E-state index is 0.0220. The van der Waals surface area contributed by atoms with E-state index >= 15 is 0 Å². The van der Waals surface area contributed by atoms with Gasteiger partial charge in [0, 0.05) is 16.8 Å². The minimum Gasteiger partial charge on any atom is -0.351 e. The highest BCUT2D eigenvalue weighted by Gasteiger charge is 2.64. The lowest BCUT2D eigenvalue weighted by Crippen LogP contribution is -2.26. The van der Waals surface area contributed by atoms with Gasteiger partial charge in [0.25, 0.3) is 5.91 Å². The third-order valence-corrected chi connectivity index (χ3v) is 5.96. The monoisotopic (exact) mass is 269 g/mol. The number of amides is 1. The van der Waals surface area contributed by atoms with Crippen molar-refractivity contribution in [2.75, 3.05) is 6.54 Å². The summed E-state index contributed by atoms with van der Waals surface area (Å²) >= 11 is 5.65. The standard InChI is InChI=1S/C13H19NOS2/c1-12(2)10(13(12,3)4)6-14-11(15)9-5-8(16)7-17-9/h5,7,10,16H,6H2,1-4H3,(H,14,15). The first-order valence-electron chi connectivity index (χ1n) is 5.82. The summed E-state index contributed by atoms with van der Waals surface area (Å²) in [6.07, 6.45) is 0. The van der Waals surface area contributed by atoms with Crippen LogP contribution < -0.4 is 5.32 Å². The van der Waals surface area contributed by atoms with Crippen LogP contribution in [0.4, 0.5) is 0 Å². The molecule has 4 heteroatoms. The largest absolute Gasteiger partial charge is 0.351 e. The Balaban J connectivity index is 1.91. The minimum absolute atomic E-state index is 0.0220. The molecule has 94 valence electrons. The van der Waals surface area contributed by atoms with E-state index in [4.69, 9.17) is 0 Å². The van der Waals surface area contributed by atoms with E-state index < -0.39 is 0 Å². The van der Waals surface area contributed by atoms with E-state index in [-0.39, 0.29) is 5.91 Å². The number of hydrogen-bond acceptors (Lipinski definition) is 3. The molecule has 1 aromatic heterocycles. The van der Waals surface area contributed by atoms with Crippen LogP contribution in [0.1, 0.15) is 37.4 Å². The quantitative estimate of drug-likeness (QED) is 0.809. The molecule has 0 spiro atoms. The zero-order valence-electron chi connectivity index (χ0n) is 10.7. The maximum Gasteiger partial charge on any atom is 0.261 e. The summed E-state index contributed by atoms with van der Waals surface area (Å²) in [4.78, 5) is 13.5. The summed E-state index contributed by atoms with van der Waals surface area (Å²) < 4.78 is 0. The molecule has 1 saturated carbocycles. The Bertz CT molecular complexity index is 434. The van der Waals surface area contributed by atoms with Crippen LogP contribution in [0.3, 0.4) is 0 Å². The highest BCUT2D eigenvalue weighted by molar-refractivity contribution is 7.80. The molecule has 1 aromatic rings. The second-order valence-corrected chi connectivity index (χ2v) is 7.30. The Kier molecular flexibility index (Phi) is 3.07. The SMILES string of the molecule is CC1(C)C(CNC(=O)c2cc(S)cs2)C1(C)C. The fraction of sp³-hybridized carbons (Fsp3) is 0.615. The van der Waals surface area contributed by atoms with Crippen molar-refractivity contribution >= 4 is 29.9 Å². The molecule has 1 aliphatic rings. The normalized spacial score (nSPS) is 21.2. The molecule has 1 aliphatic carbocycles. The molecule has 0 aromatic carbocycles. The van der Waals surface area contributed by atoms with E-state index in [1.165, 1.54) is 11.3 Å². The molecule has 1 N–H and O–H groups in total. The van der Waals surface area contributed by atoms with Crippen LogP contribution in [-0.2, 0) is 0 Å². The number of carbonyl (C=O) groups is 1. The number of thiophene rings is 1. The lowest BCUT2D eigenvalue weighted by molar-refractivity contribution is 0.0954. The fourth-order valence-corrected chi connectivity index (χ4v) is 3.64. The van der Waals surface area contributed by atoms with Gasteiger partial charge in [-0.25, -0.2) is 0 Å². The molecule has 2 nitrogen and oxygen atoms in total. The summed E-state index contributed by atoms with van der Waals surface area (Å²) in [6.45, 7) is 9.82. The van der Waals surface area contributed by atoms with Crippen LogP contribution >= 0.6 is 24.0 Å². The van der Waals surface area contributed by atoms with Gasteiger partial charge in [-0.1, -0.05) is 27.7 Å². The molecule has 0 bridgehead atoms. The first-order chi connectivity index (χ1) is 7.76. The van der Waals surface area contributed by atoms with Gasteiger partial charge in [0.15, 0.2) is 0 Å². The predicted molar refractivity (Wildman–Crippen MR) is 75.0 cm³/mol. The fourth-order valence-electron chi connectivity index (χ4n) is 2.57. The average molecular weight is 269 g/mol. The van der Waals surface area contributed by atoms with Crippen LogP contribution in [0, 0.1) is 16.7 Å². The van der Waals surface area contributed by atoms with Crippen molar-refractivity contribution in [1.82, 2.24) is 5.32 Å². The first kappa shape index (κ1) is 13.0. The Morgan fingerprint density at radius 1 is 1.41 bits per heavy atom. The smallest absolute Gasteiger partial charge is 0.261 e. The van der Waals surface area contributed by atoms with Gasteiger partial charge < -0.3 is 5.32 Å². The summed E-state index contributed by atoms with van der Waals surface area (Å²) in [5, 5.41) is 4.90. The van der Waals surface area contributed by atoms with Gasteiger partial charge in [0.1, 0.15) is 0 Å². The van der Waals surface area contributed by atoms with Crippen LogP contribution in [0.5, 0.6) is 0 Å². The summed E-state index contributed by atoms with van der Waals surface area (Å²) in [5.74, 6) is 0.586. The highest BCUT2D eigenvalue weighted by Crippen LogP contribution is 2.67. The van der Waals surface area contributed by atoms with Gasteiger partial charge in [-0.3, -0.25) is 4.79 Å². The summed E-state index contributed by atoms with van der Waals surface area (Å²) in [5.41, 5.74) is 0.648. The van der Waals surface area contributed by atoms with Crippen molar-refractivity contribution in [3.8, 4) is 0 Å². The van der Waals surface area contributed by atoms with E-state index in [9.17, 15) is 4.79 Å². The lowest BCUT2D eigenvalue weighted by Gasteiger charge is -2.04. The van der Waals surface area contributed by atoms with Gasteiger partial charge in [-0.05, 0) is 22.8 Å². The lowest BCUT2D eigenvalue weighted by atomic mass is 10.0. The van der Waals surface area contributed by atoms with Crippen molar-refractivity contribution in [3.05, 3.63) is 16.3 Å². The third-order valence-electron chi connectivity index (χ3n) is 4.60. The molecular weight excluding hydrogens is 250 g/mol. The Morgan fingerprint density at radius 3 is 2.41 bits per heavy atom. The Labute approximate surface area is 112 Å². The Morgan fingerprint density at radius 2 is 2.00 bits per heavy atom. The highest BCUT2D eigenvalue weighted by atomic mass is 32.1. The van der Waals surface area contributed by atoms with E-state index in [1.807, 2.05) is 11.4 Å². The number of carbonyl (C=O) groups excluding carboxylic acids is 1. The molecule has 0 atom stereocenters.